The summed E-state index contributed by atoms with van der Waals surface area (Å²) in [4.78, 5) is 27.6. The van der Waals surface area contributed by atoms with Gasteiger partial charge in [0.05, 0.1) is 22.6 Å². The minimum Gasteiger partial charge on any atom is -0.384 e. The largest absolute Gasteiger partial charge is 0.384 e. The third-order valence-corrected chi connectivity index (χ3v) is 7.31. The lowest BCUT2D eigenvalue weighted by molar-refractivity contribution is -0.130. The first-order chi connectivity index (χ1) is 17.6. The summed E-state index contributed by atoms with van der Waals surface area (Å²) in [6, 6.07) is 5.82. The Hall–Kier alpha value is -4.25. The molecule has 11 heteroatoms. The van der Waals surface area contributed by atoms with Crippen molar-refractivity contribution in [3.63, 3.8) is 0 Å². The van der Waals surface area contributed by atoms with Gasteiger partial charge in [-0.1, -0.05) is 0 Å². The number of rotatable bonds is 3. The van der Waals surface area contributed by atoms with Crippen molar-refractivity contribution in [2.75, 3.05) is 30.0 Å². The van der Waals surface area contributed by atoms with Crippen molar-refractivity contribution in [2.24, 2.45) is 0 Å². The average molecular weight is 500 g/mol. The van der Waals surface area contributed by atoms with E-state index in [0.29, 0.717) is 35.4 Å². The van der Waals surface area contributed by atoms with E-state index in [1.165, 1.54) is 0 Å². The molecular weight excluding hydrogens is 470 g/mol. The average Bonchev–Trinajstić information content (AvgIpc) is 3.29. The van der Waals surface area contributed by atoms with Crippen LogP contribution in [0.1, 0.15) is 36.9 Å². The molecule has 4 aromatic heterocycles. The SMILES string of the molecule is Cc1c(-c2cc3cc(Nc4cc5n(n4)CC(=O)N(C)CC5)ncc3c(N)n2)cnc2c1NC(C)(C)[C@@H]2O. The van der Waals surface area contributed by atoms with Crippen LogP contribution in [0.2, 0.25) is 0 Å². The van der Waals surface area contributed by atoms with Crippen molar-refractivity contribution in [3.8, 4) is 11.3 Å². The number of aromatic nitrogens is 5. The monoisotopic (exact) mass is 499 g/mol. The van der Waals surface area contributed by atoms with E-state index in [1.807, 2.05) is 46.0 Å². The molecule has 1 atom stereocenters. The highest BCUT2D eigenvalue weighted by molar-refractivity contribution is 5.95. The molecule has 0 bridgehead atoms. The van der Waals surface area contributed by atoms with Gasteiger partial charge in [0.25, 0.3) is 0 Å². The van der Waals surface area contributed by atoms with E-state index >= 15 is 0 Å². The van der Waals surface area contributed by atoms with Crippen molar-refractivity contribution >= 4 is 39.8 Å². The fourth-order valence-electron chi connectivity index (χ4n) is 5.00. The molecule has 0 radical (unpaired) electrons. The number of nitrogens with one attached hydrogen (secondary N) is 2. The maximum absolute atomic E-state index is 12.2. The second kappa shape index (κ2) is 8.13. The lowest BCUT2D eigenvalue weighted by Crippen LogP contribution is -2.32. The maximum atomic E-state index is 12.2. The summed E-state index contributed by atoms with van der Waals surface area (Å²) < 4.78 is 1.74. The van der Waals surface area contributed by atoms with Crippen molar-refractivity contribution in [2.45, 2.75) is 45.4 Å². The van der Waals surface area contributed by atoms with Gasteiger partial charge in [-0.05, 0) is 43.9 Å². The number of fused-ring (bicyclic) bond motifs is 3. The highest BCUT2D eigenvalue weighted by Crippen LogP contribution is 2.43. The van der Waals surface area contributed by atoms with Gasteiger partial charge in [-0.15, -0.1) is 0 Å². The normalized spacial score (nSPS) is 18.4. The summed E-state index contributed by atoms with van der Waals surface area (Å²) in [6.07, 6.45) is 3.48. The molecule has 2 aliphatic heterocycles. The van der Waals surface area contributed by atoms with Crippen LogP contribution in [-0.2, 0) is 17.8 Å². The minimum absolute atomic E-state index is 0.0392. The van der Waals surface area contributed by atoms with Gasteiger partial charge in [0.2, 0.25) is 5.91 Å². The quantitative estimate of drug-likeness (QED) is 0.334. The van der Waals surface area contributed by atoms with Gasteiger partial charge in [-0.25, -0.2) is 9.97 Å². The lowest BCUT2D eigenvalue weighted by atomic mass is 9.98. The number of hydrogen-bond acceptors (Lipinski definition) is 9. The van der Waals surface area contributed by atoms with Crippen LogP contribution < -0.4 is 16.4 Å². The summed E-state index contributed by atoms with van der Waals surface area (Å²) in [5.41, 5.74) is 10.8. The van der Waals surface area contributed by atoms with Crippen molar-refractivity contribution in [1.82, 2.24) is 29.6 Å². The Bertz CT molecular complexity index is 1580. The van der Waals surface area contributed by atoms with E-state index < -0.39 is 11.6 Å². The topological polar surface area (TPSA) is 147 Å². The van der Waals surface area contributed by atoms with E-state index in [2.05, 4.69) is 30.7 Å². The molecule has 37 heavy (non-hydrogen) atoms. The maximum Gasteiger partial charge on any atom is 0.244 e. The van der Waals surface area contributed by atoms with Gasteiger partial charge in [0, 0.05) is 55.1 Å². The number of aliphatic hydroxyl groups is 1. The van der Waals surface area contributed by atoms with E-state index in [1.54, 1.807) is 22.0 Å². The standard InChI is InChI=1S/C26H29N9O2/c1-13-16(10-29-23-22(13)32-26(2,3)24(23)37)18-7-14-8-19(28-11-17(14)25(27)30-18)31-20-9-15-5-6-34(4)21(36)12-35(15)33-20/h7-11,24,32,37H,5-6,12H2,1-4H3,(H2,27,30)(H,28,31,33)/t24-/m1/s1. The number of pyridine rings is 3. The van der Waals surface area contributed by atoms with Crippen LogP contribution in [0.25, 0.3) is 22.0 Å². The molecule has 0 aliphatic carbocycles. The molecule has 4 aromatic rings. The fraction of sp³-hybridized carbons (Fsp3) is 0.346. The highest BCUT2D eigenvalue weighted by atomic mass is 16.3. The van der Waals surface area contributed by atoms with Gasteiger partial charge < -0.3 is 26.4 Å². The molecule has 1 amide bonds. The molecule has 0 fully saturated rings. The third kappa shape index (κ3) is 3.82. The molecule has 0 unspecified atom stereocenters. The van der Waals surface area contributed by atoms with Crippen LogP contribution in [0.5, 0.6) is 0 Å². The molecule has 0 saturated heterocycles. The zero-order valence-electron chi connectivity index (χ0n) is 21.2. The van der Waals surface area contributed by atoms with Crippen molar-refractivity contribution < 1.29 is 9.90 Å². The Kier molecular flexibility index (Phi) is 5.09. The summed E-state index contributed by atoms with van der Waals surface area (Å²) >= 11 is 0. The van der Waals surface area contributed by atoms with E-state index in [0.717, 1.165) is 39.7 Å². The highest BCUT2D eigenvalue weighted by Gasteiger charge is 2.40. The molecule has 5 N–H and O–H groups in total. The molecule has 0 aromatic carbocycles. The van der Waals surface area contributed by atoms with Gasteiger partial charge in [-0.2, -0.15) is 5.10 Å². The summed E-state index contributed by atoms with van der Waals surface area (Å²) in [5, 5.41) is 23.4. The Balaban J connectivity index is 1.34. The molecule has 11 nitrogen and oxygen atoms in total. The van der Waals surface area contributed by atoms with Gasteiger partial charge >= 0.3 is 0 Å². The third-order valence-electron chi connectivity index (χ3n) is 7.31. The number of anilines is 4. The minimum atomic E-state index is -0.693. The lowest BCUT2D eigenvalue weighted by Gasteiger charge is -2.22. The van der Waals surface area contributed by atoms with Gasteiger partial charge in [0.1, 0.15) is 24.3 Å². The van der Waals surface area contributed by atoms with Crippen LogP contribution in [0, 0.1) is 6.92 Å². The number of nitrogens with zero attached hydrogens (tertiary/aromatic N) is 6. The van der Waals surface area contributed by atoms with Crippen molar-refractivity contribution in [1.29, 1.82) is 0 Å². The Morgan fingerprint density at radius 2 is 2.00 bits per heavy atom. The first-order valence-electron chi connectivity index (χ1n) is 12.2. The summed E-state index contributed by atoms with van der Waals surface area (Å²) in [5.74, 6) is 1.65. The zero-order valence-corrected chi connectivity index (χ0v) is 21.2. The summed E-state index contributed by atoms with van der Waals surface area (Å²) in [7, 11) is 1.81. The molecule has 0 saturated carbocycles. The van der Waals surface area contributed by atoms with Crippen LogP contribution in [-0.4, -0.2) is 59.8 Å². The predicted octanol–water partition coefficient (Wildman–Crippen LogP) is 2.77. The summed E-state index contributed by atoms with van der Waals surface area (Å²) in [6.45, 7) is 6.77. The number of amides is 1. The molecule has 2 aliphatic rings. The smallest absolute Gasteiger partial charge is 0.244 e. The number of nitrogen functional groups attached to an aromatic ring is 1. The van der Waals surface area contributed by atoms with Crippen molar-refractivity contribution in [3.05, 3.63) is 47.5 Å². The van der Waals surface area contributed by atoms with Crippen LogP contribution >= 0.6 is 0 Å². The predicted molar refractivity (Wildman–Crippen MR) is 141 cm³/mol. The van der Waals surface area contributed by atoms with E-state index in [4.69, 9.17) is 5.73 Å². The zero-order chi connectivity index (χ0) is 26.1. The number of aliphatic hydroxyl groups excluding tert-OH is 1. The molecule has 6 heterocycles. The second-order valence-corrected chi connectivity index (χ2v) is 10.4. The van der Waals surface area contributed by atoms with E-state index in [-0.39, 0.29) is 12.5 Å². The number of likely N-dealkylation sites (N-methyl/N-ethyl adjacent to an activating group) is 1. The number of carbonyl (C=O) groups excluding carboxylic acids is 1. The first kappa shape index (κ1) is 23.2. The Morgan fingerprint density at radius 3 is 2.81 bits per heavy atom. The van der Waals surface area contributed by atoms with Crippen LogP contribution in [0.3, 0.4) is 0 Å². The Labute approximate surface area is 213 Å². The Morgan fingerprint density at radius 1 is 1.19 bits per heavy atom. The number of nitrogens with two attached hydrogens (primary N) is 1. The molecule has 190 valence electrons. The van der Waals surface area contributed by atoms with Gasteiger partial charge in [-0.3, -0.25) is 14.5 Å². The number of carbonyl (C=O) groups is 1. The van der Waals surface area contributed by atoms with Gasteiger partial charge in [0.15, 0.2) is 5.82 Å². The fourth-order valence-corrected chi connectivity index (χ4v) is 5.00. The van der Waals surface area contributed by atoms with Crippen LogP contribution in [0.15, 0.2) is 30.6 Å². The second-order valence-electron chi connectivity index (χ2n) is 10.4. The van der Waals surface area contributed by atoms with E-state index in [9.17, 15) is 9.90 Å². The molecule has 6 rings (SSSR count). The van der Waals surface area contributed by atoms with Crippen LogP contribution in [0.4, 0.5) is 23.1 Å². The molecular formula is C26H29N9O2. The number of hydrogen-bond donors (Lipinski definition) is 4. The first-order valence-corrected chi connectivity index (χ1v) is 12.2. The molecule has 0 spiro atoms.